The number of nitrogens with one attached hydrogen (secondary N) is 2. The molecule has 46 valence electrons. The largest absolute Gasteiger partial charge is 0.341 e. The van der Waals surface area contributed by atoms with Crippen molar-refractivity contribution >= 4 is 5.91 Å². The molecule has 4 nitrogen and oxygen atoms in total. The van der Waals surface area contributed by atoms with E-state index in [9.17, 15) is 4.79 Å². The molecular weight excluding hydrogens is 106 g/mol. The molecule has 0 saturated carbocycles. The van der Waals surface area contributed by atoms with Gasteiger partial charge in [0.05, 0.1) is 13.2 Å². The third-order valence-corrected chi connectivity index (χ3v) is 1.12. The molecule has 0 spiro atoms. The van der Waals surface area contributed by atoms with Crippen LogP contribution in [0.3, 0.4) is 0 Å². The Bertz CT molecular complexity index is 103. The van der Waals surface area contributed by atoms with E-state index in [0.29, 0.717) is 13.2 Å². The zero-order valence-electron chi connectivity index (χ0n) is 4.77. The molecule has 0 aromatic heterocycles. The van der Waals surface area contributed by atoms with Gasteiger partial charge < -0.3 is 5.32 Å². The molecule has 4 heteroatoms. The van der Waals surface area contributed by atoms with Crippen LogP contribution >= 0.6 is 0 Å². The maximum Gasteiger partial charge on any atom is 0.236 e. The topological polar surface area (TPSA) is 44.4 Å². The van der Waals surface area contributed by atoms with E-state index in [0.717, 1.165) is 0 Å². The lowest BCUT2D eigenvalue weighted by molar-refractivity contribution is -0.118. The van der Waals surface area contributed by atoms with Gasteiger partial charge in [-0.1, -0.05) is 0 Å². The maximum absolute atomic E-state index is 10.4. The van der Waals surface area contributed by atoms with Gasteiger partial charge in [0.2, 0.25) is 5.91 Å². The average Bonchev–Trinajstić information content (AvgIpc) is 2.14. The molecule has 1 fully saturated rings. The summed E-state index contributed by atoms with van der Waals surface area (Å²) < 4.78 is 0. The Kier molecular flexibility index (Phi) is 1.45. The van der Waals surface area contributed by atoms with E-state index in [1.807, 2.05) is 0 Å². The van der Waals surface area contributed by atoms with Gasteiger partial charge in [0, 0.05) is 0 Å². The summed E-state index contributed by atoms with van der Waals surface area (Å²) in [7, 11) is 1.79. The Balaban J connectivity index is 2.32. The summed E-state index contributed by atoms with van der Waals surface area (Å²) in [5, 5.41) is 4.44. The van der Waals surface area contributed by atoms with E-state index < -0.39 is 0 Å². The minimum atomic E-state index is 0.0827. The first-order valence-corrected chi connectivity index (χ1v) is 2.52. The molecule has 1 aliphatic rings. The van der Waals surface area contributed by atoms with Crippen molar-refractivity contribution in [3.05, 3.63) is 0 Å². The molecular formula is C4H9N3O. The highest BCUT2D eigenvalue weighted by molar-refractivity contribution is 5.79. The van der Waals surface area contributed by atoms with Gasteiger partial charge in [-0.3, -0.25) is 10.2 Å². The van der Waals surface area contributed by atoms with Crippen molar-refractivity contribution in [2.24, 2.45) is 0 Å². The molecule has 0 aromatic rings. The van der Waals surface area contributed by atoms with Gasteiger partial charge in [-0.2, -0.15) is 0 Å². The molecule has 1 amide bonds. The Morgan fingerprint density at radius 3 is 2.88 bits per heavy atom. The molecule has 1 heterocycles. The van der Waals surface area contributed by atoms with Crippen LogP contribution in [0.25, 0.3) is 0 Å². The van der Waals surface area contributed by atoms with Gasteiger partial charge in [0.1, 0.15) is 0 Å². The van der Waals surface area contributed by atoms with Gasteiger partial charge >= 0.3 is 0 Å². The molecule has 0 aliphatic carbocycles. The quantitative estimate of drug-likeness (QED) is 0.437. The van der Waals surface area contributed by atoms with Crippen molar-refractivity contribution in [2.75, 3.05) is 20.3 Å². The molecule has 8 heavy (non-hydrogen) atoms. The number of nitrogens with zero attached hydrogens (tertiary/aromatic N) is 1. The van der Waals surface area contributed by atoms with Crippen LogP contribution in [-0.2, 0) is 4.79 Å². The van der Waals surface area contributed by atoms with Crippen molar-refractivity contribution in [3.8, 4) is 0 Å². The molecule has 0 unspecified atom stereocenters. The number of amides is 1. The second kappa shape index (κ2) is 2.11. The van der Waals surface area contributed by atoms with Crippen LogP contribution in [0.5, 0.6) is 0 Å². The standard InChI is InChI=1S/C4H9N3O/c1-5-7-2-4(8)6-3-7/h5H,2-3H2,1H3,(H,6,8). The van der Waals surface area contributed by atoms with Crippen molar-refractivity contribution < 1.29 is 4.79 Å². The number of rotatable bonds is 1. The van der Waals surface area contributed by atoms with E-state index in [2.05, 4.69) is 10.7 Å². The van der Waals surface area contributed by atoms with Crippen LogP contribution in [-0.4, -0.2) is 31.2 Å². The third-order valence-electron chi connectivity index (χ3n) is 1.12. The van der Waals surface area contributed by atoms with Crippen LogP contribution in [0.1, 0.15) is 0 Å². The number of hydrogen-bond donors (Lipinski definition) is 2. The number of hydrazine groups is 1. The predicted octanol–water partition coefficient (Wildman–Crippen LogP) is -1.49. The lowest BCUT2D eigenvalue weighted by atomic mass is 10.6. The van der Waals surface area contributed by atoms with Crippen LogP contribution in [0.4, 0.5) is 0 Å². The first-order valence-electron chi connectivity index (χ1n) is 2.52. The van der Waals surface area contributed by atoms with Gasteiger partial charge in [0.25, 0.3) is 0 Å². The van der Waals surface area contributed by atoms with Crippen molar-refractivity contribution in [3.63, 3.8) is 0 Å². The second-order valence-corrected chi connectivity index (χ2v) is 1.68. The predicted molar refractivity (Wildman–Crippen MR) is 28.8 cm³/mol. The zero-order valence-corrected chi connectivity index (χ0v) is 4.77. The lowest BCUT2D eigenvalue weighted by Crippen LogP contribution is -2.33. The Morgan fingerprint density at radius 2 is 2.62 bits per heavy atom. The smallest absolute Gasteiger partial charge is 0.236 e. The third kappa shape index (κ3) is 0.962. The Morgan fingerprint density at radius 1 is 1.88 bits per heavy atom. The van der Waals surface area contributed by atoms with E-state index in [1.165, 1.54) is 0 Å². The summed E-state index contributed by atoms with van der Waals surface area (Å²) >= 11 is 0. The van der Waals surface area contributed by atoms with E-state index in [-0.39, 0.29) is 5.91 Å². The first-order chi connectivity index (χ1) is 3.83. The normalized spacial score (nSPS) is 21.4. The Labute approximate surface area is 47.8 Å². The van der Waals surface area contributed by atoms with Gasteiger partial charge in [0.15, 0.2) is 0 Å². The summed E-state index contributed by atoms with van der Waals surface area (Å²) in [6.07, 6.45) is 0. The van der Waals surface area contributed by atoms with E-state index in [4.69, 9.17) is 0 Å². The monoisotopic (exact) mass is 115 g/mol. The summed E-state index contributed by atoms with van der Waals surface area (Å²) in [5.41, 5.74) is 2.84. The second-order valence-electron chi connectivity index (χ2n) is 1.68. The molecule has 0 atom stereocenters. The van der Waals surface area contributed by atoms with Crippen LogP contribution in [0.2, 0.25) is 0 Å². The lowest BCUT2D eigenvalue weighted by Gasteiger charge is -2.07. The van der Waals surface area contributed by atoms with Crippen LogP contribution < -0.4 is 10.7 Å². The van der Waals surface area contributed by atoms with E-state index in [1.54, 1.807) is 12.1 Å². The maximum atomic E-state index is 10.4. The minimum absolute atomic E-state index is 0.0827. The number of carbonyl (C=O) groups is 1. The molecule has 0 bridgehead atoms. The molecule has 2 N–H and O–H groups in total. The highest BCUT2D eigenvalue weighted by Crippen LogP contribution is 1.85. The Hall–Kier alpha value is -0.610. The van der Waals surface area contributed by atoms with Crippen molar-refractivity contribution in [1.29, 1.82) is 0 Å². The van der Waals surface area contributed by atoms with Gasteiger partial charge in [-0.05, 0) is 7.05 Å². The highest BCUT2D eigenvalue weighted by atomic mass is 16.2. The minimum Gasteiger partial charge on any atom is -0.341 e. The number of hydrogen-bond acceptors (Lipinski definition) is 3. The first kappa shape index (κ1) is 5.53. The van der Waals surface area contributed by atoms with Crippen molar-refractivity contribution in [1.82, 2.24) is 15.8 Å². The fourth-order valence-electron chi connectivity index (χ4n) is 0.627. The SMILES string of the molecule is CNN1CNC(=O)C1. The number of carbonyl (C=O) groups excluding carboxylic acids is 1. The molecule has 1 aliphatic heterocycles. The fraction of sp³-hybridized carbons (Fsp3) is 0.750. The molecule has 1 saturated heterocycles. The van der Waals surface area contributed by atoms with Crippen LogP contribution in [0, 0.1) is 0 Å². The fourth-order valence-corrected chi connectivity index (χ4v) is 0.627. The molecule has 1 rings (SSSR count). The van der Waals surface area contributed by atoms with E-state index >= 15 is 0 Å². The summed E-state index contributed by atoms with van der Waals surface area (Å²) in [6.45, 7) is 1.09. The summed E-state index contributed by atoms with van der Waals surface area (Å²) in [5.74, 6) is 0.0827. The van der Waals surface area contributed by atoms with Crippen molar-refractivity contribution in [2.45, 2.75) is 0 Å². The molecule has 0 radical (unpaired) electrons. The highest BCUT2D eigenvalue weighted by Gasteiger charge is 2.15. The summed E-state index contributed by atoms with van der Waals surface area (Å²) in [4.78, 5) is 10.4. The summed E-state index contributed by atoms with van der Waals surface area (Å²) in [6, 6.07) is 0. The van der Waals surface area contributed by atoms with Gasteiger partial charge in [-0.25, -0.2) is 5.01 Å². The zero-order chi connectivity index (χ0) is 5.98. The van der Waals surface area contributed by atoms with Gasteiger partial charge in [-0.15, -0.1) is 0 Å². The molecule has 0 aromatic carbocycles. The van der Waals surface area contributed by atoms with Crippen LogP contribution in [0.15, 0.2) is 0 Å². The average molecular weight is 115 g/mol.